The van der Waals surface area contributed by atoms with Crippen molar-refractivity contribution < 1.29 is 13.2 Å². The first kappa shape index (κ1) is 17.7. The van der Waals surface area contributed by atoms with Crippen LogP contribution in [0.5, 0.6) is 0 Å². The molecule has 1 fully saturated rings. The third-order valence-electron chi connectivity index (χ3n) is 4.54. The number of amides is 1. The molecule has 2 aliphatic rings. The van der Waals surface area contributed by atoms with Gasteiger partial charge in [-0.15, -0.1) is 4.40 Å². The number of benzene rings is 1. The summed E-state index contributed by atoms with van der Waals surface area (Å²) in [6.07, 6.45) is 8.16. The first-order valence-corrected chi connectivity index (χ1v) is 9.99. The molecule has 6 nitrogen and oxygen atoms in total. The van der Waals surface area contributed by atoms with Crippen LogP contribution in [0.15, 0.2) is 45.7 Å². The summed E-state index contributed by atoms with van der Waals surface area (Å²) in [7, 11) is -1.93. The predicted octanol–water partition coefficient (Wildman–Crippen LogP) is 2.79. The molecule has 1 aliphatic carbocycles. The van der Waals surface area contributed by atoms with Gasteiger partial charge < -0.3 is 10.2 Å². The molecular formula is C18H23N3O3S. The Morgan fingerprint density at radius 3 is 2.92 bits per heavy atom. The predicted molar refractivity (Wildman–Crippen MR) is 98.0 cm³/mol. The summed E-state index contributed by atoms with van der Waals surface area (Å²) < 4.78 is 29.0. The van der Waals surface area contributed by atoms with Crippen LogP contribution in [0, 0.1) is 5.92 Å². The Hall–Kier alpha value is -2.15. The molecule has 0 saturated carbocycles. The van der Waals surface area contributed by atoms with Gasteiger partial charge in [0.05, 0.1) is 4.90 Å². The van der Waals surface area contributed by atoms with Crippen LogP contribution in [0.1, 0.15) is 32.1 Å². The number of allylic oxidation sites excluding steroid dienone is 2. The van der Waals surface area contributed by atoms with E-state index in [4.69, 9.17) is 0 Å². The fourth-order valence-corrected chi connectivity index (χ4v) is 4.29. The maximum atomic E-state index is 12.5. The molecule has 134 valence electrons. The van der Waals surface area contributed by atoms with Crippen molar-refractivity contribution in [3.63, 3.8) is 0 Å². The lowest BCUT2D eigenvalue weighted by Gasteiger charge is -2.12. The average molecular weight is 361 g/mol. The highest BCUT2D eigenvalue weighted by molar-refractivity contribution is 7.90. The van der Waals surface area contributed by atoms with Gasteiger partial charge in [-0.05, 0) is 43.4 Å². The number of likely N-dealkylation sites (tertiary alicyclic amines) is 1. The van der Waals surface area contributed by atoms with Crippen molar-refractivity contribution in [3.8, 4) is 0 Å². The van der Waals surface area contributed by atoms with Crippen molar-refractivity contribution in [3.05, 3.63) is 36.4 Å². The number of hydrogen-bond donors (Lipinski definition) is 1. The van der Waals surface area contributed by atoms with Gasteiger partial charge in [-0.25, -0.2) is 0 Å². The van der Waals surface area contributed by atoms with Gasteiger partial charge in [-0.3, -0.25) is 4.79 Å². The highest BCUT2D eigenvalue weighted by Crippen LogP contribution is 2.23. The smallest absolute Gasteiger partial charge is 0.284 e. The van der Waals surface area contributed by atoms with E-state index in [1.807, 2.05) is 11.9 Å². The molecule has 1 N–H and O–H groups in total. The number of sulfonamides is 1. The van der Waals surface area contributed by atoms with E-state index in [9.17, 15) is 13.2 Å². The molecule has 25 heavy (non-hydrogen) atoms. The monoisotopic (exact) mass is 361 g/mol. The molecule has 1 amide bonds. The first-order valence-electron chi connectivity index (χ1n) is 8.55. The van der Waals surface area contributed by atoms with Crippen LogP contribution in [0.4, 0.5) is 5.69 Å². The van der Waals surface area contributed by atoms with E-state index in [0.717, 1.165) is 25.8 Å². The number of hydrogen-bond acceptors (Lipinski definition) is 3. The summed E-state index contributed by atoms with van der Waals surface area (Å²) in [4.78, 5) is 14.1. The summed E-state index contributed by atoms with van der Waals surface area (Å²) in [6, 6.07) is 6.28. The van der Waals surface area contributed by atoms with Crippen molar-refractivity contribution in [1.82, 2.24) is 4.90 Å². The molecule has 3 rings (SSSR count). The largest absolute Gasteiger partial charge is 0.362 e. The number of carbonyl (C=O) groups is 1. The van der Waals surface area contributed by atoms with E-state index >= 15 is 0 Å². The van der Waals surface area contributed by atoms with Crippen LogP contribution >= 0.6 is 0 Å². The fraction of sp³-hybridized carbons (Fsp3) is 0.444. The molecule has 1 heterocycles. The molecule has 0 radical (unpaired) electrons. The second-order valence-corrected chi connectivity index (χ2v) is 8.16. The minimum atomic E-state index is -3.77. The van der Waals surface area contributed by atoms with Crippen LogP contribution in [0.3, 0.4) is 0 Å². The van der Waals surface area contributed by atoms with Crippen molar-refractivity contribution in [2.75, 3.05) is 18.9 Å². The lowest BCUT2D eigenvalue weighted by molar-refractivity contribution is -0.116. The zero-order chi connectivity index (χ0) is 17.9. The number of nitrogens with zero attached hydrogens (tertiary/aromatic N) is 2. The number of nitrogens with one attached hydrogen (secondary N) is 1. The maximum absolute atomic E-state index is 12.5. The Labute approximate surface area is 148 Å². The average Bonchev–Trinajstić information content (AvgIpc) is 3.20. The Kier molecular flexibility index (Phi) is 5.22. The van der Waals surface area contributed by atoms with Gasteiger partial charge in [0.2, 0.25) is 5.91 Å². The molecule has 1 aromatic carbocycles. The topological polar surface area (TPSA) is 78.8 Å². The van der Waals surface area contributed by atoms with Crippen molar-refractivity contribution in [2.24, 2.45) is 10.3 Å². The molecule has 0 bridgehead atoms. The fourth-order valence-electron chi connectivity index (χ4n) is 3.15. The third kappa shape index (κ3) is 4.48. The number of anilines is 1. The Morgan fingerprint density at radius 2 is 2.24 bits per heavy atom. The van der Waals surface area contributed by atoms with E-state index in [2.05, 4.69) is 21.9 Å². The highest BCUT2D eigenvalue weighted by atomic mass is 32.2. The molecule has 1 aliphatic heterocycles. The van der Waals surface area contributed by atoms with Gasteiger partial charge >= 0.3 is 0 Å². The summed E-state index contributed by atoms with van der Waals surface area (Å²) in [5, 5.41) is 2.79. The molecule has 1 unspecified atom stereocenters. The Bertz CT molecular complexity index is 815. The van der Waals surface area contributed by atoms with Gasteiger partial charge in [-0.2, -0.15) is 8.42 Å². The van der Waals surface area contributed by atoms with E-state index < -0.39 is 10.0 Å². The molecule has 0 aromatic heterocycles. The quantitative estimate of drug-likeness (QED) is 0.818. The van der Waals surface area contributed by atoms with E-state index in [0.29, 0.717) is 24.4 Å². The minimum Gasteiger partial charge on any atom is -0.362 e. The van der Waals surface area contributed by atoms with Crippen LogP contribution in [-0.2, 0) is 14.8 Å². The number of rotatable bonds is 5. The molecule has 1 aromatic rings. The second-order valence-electron chi connectivity index (χ2n) is 6.55. The van der Waals surface area contributed by atoms with Gasteiger partial charge in [0.15, 0.2) is 0 Å². The van der Waals surface area contributed by atoms with Gasteiger partial charge in [0.25, 0.3) is 10.0 Å². The normalized spacial score (nSPS) is 21.9. The number of carbonyl (C=O) groups excluding carboxylic acids is 1. The molecule has 0 spiro atoms. The Balaban J connectivity index is 1.72. The summed E-state index contributed by atoms with van der Waals surface area (Å²) >= 11 is 0. The number of amidine groups is 1. The van der Waals surface area contributed by atoms with Crippen molar-refractivity contribution in [1.29, 1.82) is 0 Å². The standard InChI is InChI=1S/C18H23N3O3S/c1-21-11-5-10-17(21)20-25(23,24)16-9-4-8-15(13-16)19-18(22)12-14-6-2-3-7-14/h2,4,6,8-9,13-14H,3,5,7,10-12H2,1H3,(H,19,22). The minimum absolute atomic E-state index is 0.0962. The van der Waals surface area contributed by atoms with Crippen molar-refractivity contribution in [2.45, 2.75) is 37.0 Å². The van der Waals surface area contributed by atoms with E-state index in [1.165, 1.54) is 12.1 Å². The maximum Gasteiger partial charge on any atom is 0.284 e. The first-order chi connectivity index (χ1) is 11.9. The van der Waals surface area contributed by atoms with E-state index in [1.54, 1.807) is 12.1 Å². The molecule has 1 saturated heterocycles. The van der Waals surface area contributed by atoms with Crippen LogP contribution in [0.2, 0.25) is 0 Å². The molecular weight excluding hydrogens is 338 g/mol. The summed E-state index contributed by atoms with van der Waals surface area (Å²) in [5.74, 6) is 0.756. The Morgan fingerprint density at radius 1 is 1.40 bits per heavy atom. The second kappa shape index (κ2) is 7.39. The zero-order valence-electron chi connectivity index (χ0n) is 14.3. The molecule has 1 atom stereocenters. The van der Waals surface area contributed by atoms with Gasteiger partial charge in [-0.1, -0.05) is 18.2 Å². The van der Waals surface area contributed by atoms with Crippen LogP contribution in [0.25, 0.3) is 0 Å². The van der Waals surface area contributed by atoms with Crippen LogP contribution in [-0.4, -0.2) is 38.7 Å². The van der Waals surface area contributed by atoms with Crippen molar-refractivity contribution >= 4 is 27.5 Å². The lowest BCUT2D eigenvalue weighted by Crippen LogP contribution is -2.20. The zero-order valence-corrected chi connectivity index (χ0v) is 15.1. The SMILES string of the molecule is CN1CCCC1=NS(=O)(=O)c1cccc(NC(=O)CC2C=CCC2)c1. The van der Waals surface area contributed by atoms with Gasteiger partial charge in [0, 0.05) is 32.1 Å². The van der Waals surface area contributed by atoms with Gasteiger partial charge in [0.1, 0.15) is 5.84 Å². The lowest BCUT2D eigenvalue weighted by atomic mass is 10.1. The molecule has 7 heteroatoms. The van der Waals surface area contributed by atoms with Crippen LogP contribution < -0.4 is 5.32 Å². The van der Waals surface area contributed by atoms with E-state index in [-0.39, 0.29) is 16.7 Å². The summed E-state index contributed by atoms with van der Waals surface area (Å²) in [6.45, 7) is 0.820. The highest BCUT2D eigenvalue weighted by Gasteiger charge is 2.21. The summed E-state index contributed by atoms with van der Waals surface area (Å²) in [5.41, 5.74) is 0.480. The third-order valence-corrected chi connectivity index (χ3v) is 5.84.